The molecule has 78 heavy (non-hydrogen) atoms. The number of ether oxygens (including phenoxy) is 1. The van der Waals surface area contributed by atoms with Gasteiger partial charge in [0.2, 0.25) is 0 Å². The maximum absolute atomic E-state index is 8.73. The number of para-hydroxylation sites is 4. The van der Waals surface area contributed by atoms with Crippen LogP contribution in [0.4, 0.5) is 22.7 Å². The lowest BCUT2D eigenvalue weighted by molar-refractivity contribution is 0.483. The molecule has 11 aromatic rings. The molecule has 0 atom stereocenters. The topological polar surface area (TPSA) is 33.5 Å². The van der Waals surface area contributed by atoms with Gasteiger partial charge in [-0.3, -0.25) is 4.57 Å². The summed E-state index contributed by atoms with van der Waals surface area (Å²) < 4.78 is 35.1. The molecule has 1 aliphatic rings. The van der Waals surface area contributed by atoms with Crippen LogP contribution in [0.2, 0.25) is 0 Å². The van der Waals surface area contributed by atoms with E-state index in [9.17, 15) is 0 Å². The Bertz CT molecular complexity index is 4160. The lowest BCUT2D eigenvalue weighted by atomic mass is 9.76. The van der Waals surface area contributed by atoms with Crippen molar-refractivity contribution in [1.82, 2.24) is 9.55 Å². The van der Waals surface area contributed by atoms with Crippen LogP contribution in [0, 0.1) is 6.85 Å². The number of anilines is 4. The highest BCUT2D eigenvalue weighted by atomic mass is 16.5. The van der Waals surface area contributed by atoms with Crippen molar-refractivity contribution >= 4 is 44.6 Å². The molecule has 3 heterocycles. The molecule has 0 radical (unpaired) electrons. The second-order valence-corrected chi connectivity index (χ2v) is 23.9. The minimum Gasteiger partial charge on any atom is -0.457 e. The lowest BCUT2D eigenvalue weighted by Crippen LogP contribution is -2.25. The highest BCUT2D eigenvalue weighted by Crippen LogP contribution is 2.52. The normalized spacial score (nSPS) is 13.6. The summed E-state index contributed by atoms with van der Waals surface area (Å²) in [5.74, 6) is 1.84. The summed E-state index contributed by atoms with van der Waals surface area (Å²) in [6.07, 6.45) is 1.71. The molecule has 0 saturated heterocycles. The van der Waals surface area contributed by atoms with Gasteiger partial charge in [0.05, 0.1) is 28.1 Å². The fourth-order valence-electron chi connectivity index (χ4n) is 11.3. The van der Waals surface area contributed by atoms with Crippen molar-refractivity contribution in [2.75, 3.05) is 16.5 Å². The highest BCUT2D eigenvalue weighted by molar-refractivity contribution is 6.09. The van der Waals surface area contributed by atoms with Crippen LogP contribution in [-0.2, 0) is 16.2 Å². The standard InChI is InChI=1S/C73H68N4O/c1-48-42-69(74-46-63(48)52-34-36-53(37-35-52)71(2,3)4)77-65-27-15-14-24-60(65)61-41-39-57(45-68(61)77)78-56-23-18-22-55(44-56)75-47-76(67-29-17-16-28-66(67)75)70-58(51-32-30-50(31-33-51)49-20-12-11-13-21-49)25-19-26-62(70)59-40-38-54(72(5,6)7)43-64(59)73(8,9)10/h11-46H,47H2,1-10H3/i1D3. The number of hydrogen-bond donors (Lipinski definition) is 0. The Morgan fingerprint density at radius 2 is 1.04 bits per heavy atom. The molecule has 0 aliphatic carbocycles. The summed E-state index contributed by atoms with van der Waals surface area (Å²) in [7, 11) is 0. The molecular formula is C73H68N4O. The van der Waals surface area contributed by atoms with Crippen LogP contribution in [0.15, 0.2) is 219 Å². The number of benzene rings is 9. The molecule has 0 unspecified atom stereocenters. The number of aromatic nitrogens is 2. The van der Waals surface area contributed by atoms with Gasteiger partial charge in [-0.15, -0.1) is 0 Å². The van der Waals surface area contributed by atoms with Gasteiger partial charge in [-0.25, -0.2) is 4.98 Å². The van der Waals surface area contributed by atoms with Gasteiger partial charge in [-0.05, 0) is 122 Å². The van der Waals surface area contributed by atoms with Crippen LogP contribution in [0.5, 0.6) is 11.5 Å². The SMILES string of the molecule is [2H]C([2H])([2H])c1cc(-n2c3ccccc3c3ccc(Oc4cccc(N5CN(c6c(-c7ccc(-c8ccccc8)cc7)cccc6-c6ccc(C(C)(C)C)cc6C(C)(C)C)c6ccccc65)c4)cc32)ncc1-c1ccc(C(C)(C)C)cc1. The Labute approximate surface area is 465 Å². The summed E-state index contributed by atoms with van der Waals surface area (Å²) >= 11 is 0. The number of rotatable bonds is 9. The van der Waals surface area contributed by atoms with Crippen molar-refractivity contribution in [2.24, 2.45) is 0 Å². The second-order valence-electron chi connectivity index (χ2n) is 23.9. The van der Waals surface area contributed by atoms with Crippen molar-refractivity contribution in [3.8, 4) is 61.8 Å². The Morgan fingerprint density at radius 1 is 0.436 bits per heavy atom. The maximum atomic E-state index is 8.73. The van der Waals surface area contributed by atoms with Gasteiger partial charge in [-0.1, -0.05) is 214 Å². The predicted octanol–water partition coefficient (Wildman–Crippen LogP) is 20.1. The van der Waals surface area contributed by atoms with E-state index < -0.39 is 6.85 Å². The molecule has 5 nitrogen and oxygen atoms in total. The average molecular weight is 1020 g/mol. The molecule has 0 fully saturated rings. The Kier molecular flexibility index (Phi) is 11.6. The number of nitrogens with zero attached hydrogens (tertiary/aromatic N) is 4. The Balaban J connectivity index is 0.929. The molecule has 386 valence electrons. The first kappa shape index (κ1) is 46.6. The first-order valence-electron chi connectivity index (χ1n) is 28.7. The van der Waals surface area contributed by atoms with Crippen molar-refractivity contribution in [3.63, 3.8) is 0 Å². The third-order valence-electron chi connectivity index (χ3n) is 15.5. The third kappa shape index (κ3) is 9.31. The second kappa shape index (κ2) is 19.4. The average Bonchev–Trinajstić information content (AvgIpc) is 4.17. The summed E-state index contributed by atoms with van der Waals surface area (Å²) in [6.45, 7) is 18.5. The third-order valence-corrected chi connectivity index (χ3v) is 15.5. The molecular weight excluding hydrogens is 949 g/mol. The maximum Gasteiger partial charge on any atom is 0.137 e. The van der Waals surface area contributed by atoms with Crippen LogP contribution in [-0.4, -0.2) is 16.2 Å². The predicted molar refractivity (Wildman–Crippen MR) is 330 cm³/mol. The molecule has 0 spiro atoms. The molecule has 5 heteroatoms. The Hall–Kier alpha value is -8.67. The quantitative estimate of drug-likeness (QED) is 0.144. The van der Waals surface area contributed by atoms with E-state index >= 15 is 0 Å². The van der Waals surface area contributed by atoms with E-state index in [1.54, 1.807) is 12.3 Å². The van der Waals surface area contributed by atoms with Gasteiger partial charge in [0.1, 0.15) is 24.0 Å². The van der Waals surface area contributed by atoms with Crippen molar-refractivity contribution in [2.45, 2.75) is 85.4 Å². The van der Waals surface area contributed by atoms with Gasteiger partial charge in [0, 0.05) is 55.6 Å². The van der Waals surface area contributed by atoms with Crippen molar-refractivity contribution < 1.29 is 8.85 Å². The van der Waals surface area contributed by atoms with Crippen LogP contribution in [0.25, 0.3) is 72.1 Å². The zero-order chi connectivity index (χ0) is 56.6. The number of fused-ring (bicyclic) bond motifs is 4. The molecule has 0 bridgehead atoms. The minimum absolute atomic E-state index is 0.0125. The van der Waals surface area contributed by atoms with E-state index in [0.717, 1.165) is 61.2 Å². The fraction of sp³-hybridized carbons (Fsp3) is 0.192. The highest BCUT2D eigenvalue weighted by Gasteiger charge is 2.33. The van der Waals surface area contributed by atoms with E-state index in [0.29, 0.717) is 29.5 Å². The summed E-state index contributed by atoms with van der Waals surface area (Å²) in [5.41, 5.74) is 18.5. The molecule has 0 N–H and O–H groups in total. The molecule has 1 aliphatic heterocycles. The smallest absolute Gasteiger partial charge is 0.137 e. The number of pyridine rings is 1. The van der Waals surface area contributed by atoms with Crippen LogP contribution >= 0.6 is 0 Å². The summed E-state index contributed by atoms with van der Waals surface area (Å²) in [5, 5.41) is 2.04. The van der Waals surface area contributed by atoms with Crippen LogP contribution in [0.3, 0.4) is 0 Å². The van der Waals surface area contributed by atoms with E-state index in [1.807, 2.05) is 42.5 Å². The van der Waals surface area contributed by atoms with Crippen LogP contribution < -0.4 is 14.5 Å². The largest absolute Gasteiger partial charge is 0.457 e. The zero-order valence-corrected chi connectivity index (χ0v) is 46.2. The van der Waals surface area contributed by atoms with Gasteiger partial charge in [0.25, 0.3) is 0 Å². The van der Waals surface area contributed by atoms with Crippen molar-refractivity contribution in [3.05, 3.63) is 241 Å². The number of aryl methyl sites for hydroxylation is 1. The molecule has 9 aromatic carbocycles. The first-order chi connectivity index (χ1) is 38.7. The summed E-state index contributed by atoms with van der Waals surface area (Å²) in [4.78, 5) is 9.89. The Morgan fingerprint density at radius 3 is 1.77 bits per heavy atom. The molecule has 12 rings (SSSR count). The van der Waals surface area contributed by atoms with E-state index in [2.05, 4.69) is 240 Å². The summed E-state index contributed by atoms with van der Waals surface area (Å²) in [6, 6.07) is 74.8. The number of hydrogen-bond acceptors (Lipinski definition) is 4. The first-order valence-corrected chi connectivity index (χ1v) is 27.2. The fourth-order valence-corrected chi connectivity index (χ4v) is 11.3. The lowest BCUT2D eigenvalue weighted by Gasteiger charge is -2.31. The molecule has 2 aromatic heterocycles. The minimum atomic E-state index is -2.39. The van der Waals surface area contributed by atoms with Gasteiger partial charge in [0.15, 0.2) is 0 Å². The van der Waals surface area contributed by atoms with E-state index in [1.165, 1.54) is 38.9 Å². The van der Waals surface area contributed by atoms with Gasteiger partial charge < -0.3 is 14.5 Å². The van der Waals surface area contributed by atoms with Gasteiger partial charge in [-0.2, -0.15) is 0 Å². The monoisotopic (exact) mass is 1020 g/mol. The van der Waals surface area contributed by atoms with E-state index in [4.69, 9.17) is 13.8 Å². The molecule has 0 amide bonds. The zero-order valence-electron chi connectivity index (χ0n) is 49.2. The van der Waals surface area contributed by atoms with Gasteiger partial charge >= 0.3 is 0 Å². The van der Waals surface area contributed by atoms with Crippen LogP contribution in [0.1, 0.15) is 88.7 Å². The molecule has 0 saturated carbocycles. The van der Waals surface area contributed by atoms with E-state index in [-0.39, 0.29) is 21.8 Å². The van der Waals surface area contributed by atoms with Crippen molar-refractivity contribution in [1.29, 1.82) is 0 Å².